The number of carbonyl (C=O) groups is 2. The van der Waals surface area contributed by atoms with Gasteiger partial charge in [0.1, 0.15) is 0 Å². The van der Waals surface area contributed by atoms with E-state index in [0.717, 1.165) is 19.5 Å². The number of aromatic nitrogens is 2. The Bertz CT molecular complexity index is 1380. The van der Waals surface area contributed by atoms with Gasteiger partial charge in [-0.25, -0.2) is 9.97 Å². The molecule has 5 aliphatic rings. The molecule has 2 aromatic rings. The smallest absolute Gasteiger partial charge is 0.394 e. The molecule has 0 aromatic carbocycles. The Morgan fingerprint density at radius 3 is 2.51 bits per heavy atom. The topological polar surface area (TPSA) is 90.9 Å². The van der Waals surface area contributed by atoms with Crippen LogP contribution in [0.5, 0.6) is 5.88 Å². The number of likely N-dealkylation sites (tertiary alicyclic amines) is 1. The zero-order chi connectivity index (χ0) is 30.6. The SMILES string of the molecule is CCOc1ncccc1-c1ccc(N2CCN(C(=O)C34CC(C(F)(F)F)(C3)C4)C[C@H]2CC)c(C(=O)N[C@@H]2CCN(C)C2)n1. The van der Waals surface area contributed by atoms with Crippen LogP contribution in [0, 0.1) is 10.8 Å². The molecule has 12 heteroatoms. The number of anilines is 1. The van der Waals surface area contributed by atoms with Gasteiger partial charge in [-0.1, -0.05) is 6.92 Å². The molecule has 232 valence electrons. The highest BCUT2D eigenvalue weighted by Gasteiger charge is 2.81. The number of hydrogen-bond donors (Lipinski definition) is 1. The second-order valence-electron chi connectivity index (χ2n) is 12.7. The Morgan fingerprint density at radius 1 is 1.09 bits per heavy atom. The Kier molecular flexibility index (Phi) is 7.55. The Hall–Kier alpha value is -3.41. The number of piperazine rings is 1. The molecular weight excluding hydrogens is 561 g/mol. The van der Waals surface area contributed by atoms with E-state index in [9.17, 15) is 22.8 Å². The van der Waals surface area contributed by atoms with Crippen molar-refractivity contribution >= 4 is 17.5 Å². The zero-order valence-electron chi connectivity index (χ0n) is 24.9. The van der Waals surface area contributed by atoms with Crippen LogP contribution in [0.4, 0.5) is 18.9 Å². The number of hydrogen-bond acceptors (Lipinski definition) is 7. The van der Waals surface area contributed by atoms with Crippen molar-refractivity contribution in [2.45, 2.75) is 64.2 Å². The molecule has 4 heterocycles. The van der Waals surface area contributed by atoms with Crippen LogP contribution in [0.2, 0.25) is 0 Å². The van der Waals surface area contributed by atoms with Gasteiger partial charge in [-0.15, -0.1) is 0 Å². The molecule has 3 aliphatic carbocycles. The van der Waals surface area contributed by atoms with E-state index in [-0.39, 0.29) is 43.2 Å². The average Bonchev–Trinajstić information content (AvgIpc) is 3.34. The lowest BCUT2D eigenvalue weighted by Crippen LogP contribution is -2.74. The lowest BCUT2D eigenvalue weighted by Gasteiger charge is -2.70. The van der Waals surface area contributed by atoms with Crippen LogP contribution in [-0.4, -0.2) is 96.2 Å². The summed E-state index contributed by atoms with van der Waals surface area (Å²) >= 11 is 0. The van der Waals surface area contributed by atoms with E-state index in [0.29, 0.717) is 61.2 Å². The Morgan fingerprint density at radius 2 is 1.86 bits per heavy atom. The van der Waals surface area contributed by atoms with E-state index in [2.05, 4.69) is 20.1 Å². The monoisotopic (exact) mass is 600 g/mol. The quantitative estimate of drug-likeness (QED) is 0.487. The molecule has 1 N–H and O–H groups in total. The van der Waals surface area contributed by atoms with E-state index in [1.54, 1.807) is 17.2 Å². The highest BCUT2D eigenvalue weighted by molar-refractivity contribution is 5.99. The molecule has 2 aromatic heterocycles. The lowest BCUT2D eigenvalue weighted by molar-refractivity contribution is -0.353. The van der Waals surface area contributed by atoms with Crippen LogP contribution < -0.4 is 15.0 Å². The van der Waals surface area contributed by atoms with Crippen LogP contribution in [0.15, 0.2) is 30.5 Å². The largest absolute Gasteiger partial charge is 0.477 e. The third-order valence-corrected chi connectivity index (χ3v) is 9.78. The van der Waals surface area contributed by atoms with Gasteiger partial charge in [-0.2, -0.15) is 13.2 Å². The summed E-state index contributed by atoms with van der Waals surface area (Å²) in [6.07, 6.45) is -1.34. The normalized spacial score (nSPS) is 28.7. The molecule has 7 rings (SSSR count). The summed E-state index contributed by atoms with van der Waals surface area (Å²) < 4.78 is 46.0. The van der Waals surface area contributed by atoms with Crippen molar-refractivity contribution in [2.24, 2.45) is 10.8 Å². The van der Waals surface area contributed by atoms with E-state index < -0.39 is 17.0 Å². The third-order valence-electron chi connectivity index (χ3n) is 9.78. The van der Waals surface area contributed by atoms with Crippen molar-refractivity contribution in [2.75, 3.05) is 51.3 Å². The number of likely N-dealkylation sites (N-methyl/N-ethyl adjacent to an activating group) is 1. The number of amides is 2. The minimum absolute atomic E-state index is 0.0117. The zero-order valence-corrected chi connectivity index (χ0v) is 24.9. The predicted molar refractivity (Wildman–Crippen MR) is 155 cm³/mol. The summed E-state index contributed by atoms with van der Waals surface area (Å²) in [7, 11) is 2.02. The van der Waals surface area contributed by atoms with Crippen LogP contribution in [-0.2, 0) is 4.79 Å². The first-order chi connectivity index (χ1) is 20.5. The molecule has 9 nitrogen and oxygen atoms in total. The number of nitrogens with zero attached hydrogens (tertiary/aromatic N) is 5. The van der Waals surface area contributed by atoms with Crippen molar-refractivity contribution in [3.05, 3.63) is 36.2 Å². The number of rotatable bonds is 8. The summed E-state index contributed by atoms with van der Waals surface area (Å²) in [6, 6.07) is 7.31. The van der Waals surface area contributed by atoms with Crippen molar-refractivity contribution < 1.29 is 27.5 Å². The highest BCUT2D eigenvalue weighted by Crippen LogP contribution is 2.78. The fourth-order valence-corrected chi connectivity index (χ4v) is 7.50. The van der Waals surface area contributed by atoms with Gasteiger partial charge in [0.15, 0.2) is 5.69 Å². The lowest BCUT2D eigenvalue weighted by atomic mass is 9.34. The summed E-state index contributed by atoms with van der Waals surface area (Å²) in [6.45, 7) is 7.22. The van der Waals surface area contributed by atoms with Crippen molar-refractivity contribution in [1.29, 1.82) is 0 Å². The molecule has 0 unspecified atom stereocenters. The standard InChI is InChI=1S/C31H39F3N6O3/c1-4-21-16-39(28(42)29-17-30(18-29,19-29)31(32,33)34)13-14-40(21)24-9-8-23(22-7-6-11-35-27(22)43-5-2)37-25(24)26(41)36-20-10-12-38(3)15-20/h6-9,11,20-21H,4-5,10,12-19H2,1-3H3,(H,36,41)/t20-,21-,29?,30?/m1/s1. The minimum Gasteiger partial charge on any atom is -0.477 e. The van der Waals surface area contributed by atoms with Crippen molar-refractivity contribution in [3.63, 3.8) is 0 Å². The second-order valence-corrected chi connectivity index (χ2v) is 12.7. The third kappa shape index (κ3) is 5.11. The van der Waals surface area contributed by atoms with Gasteiger partial charge in [-0.05, 0) is 76.9 Å². The number of ether oxygens (including phenoxy) is 1. The number of halogens is 3. The second kappa shape index (κ2) is 10.9. The van der Waals surface area contributed by atoms with Crippen LogP contribution in [0.1, 0.15) is 56.4 Å². The molecule has 3 saturated carbocycles. The molecule has 2 bridgehead atoms. The Balaban J connectivity index is 1.26. The van der Waals surface area contributed by atoms with E-state index in [1.807, 2.05) is 39.1 Å². The van der Waals surface area contributed by atoms with Gasteiger partial charge >= 0.3 is 6.18 Å². The van der Waals surface area contributed by atoms with E-state index >= 15 is 0 Å². The molecule has 0 spiro atoms. The summed E-state index contributed by atoms with van der Waals surface area (Å²) in [5, 5.41) is 3.17. The number of carbonyl (C=O) groups excluding carboxylic acids is 2. The van der Waals surface area contributed by atoms with Gasteiger partial charge in [0, 0.05) is 44.5 Å². The molecule has 2 aliphatic heterocycles. The first-order valence-electron chi connectivity index (χ1n) is 15.2. The maximum absolute atomic E-state index is 13.8. The summed E-state index contributed by atoms with van der Waals surface area (Å²) in [4.78, 5) is 42.5. The van der Waals surface area contributed by atoms with Crippen LogP contribution >= 0.6 is 0 Å². The van der Waals surface area contributed by atoms with E-state index in [1.165, 1.54) is 0 Å². The number of pyridine rings is 2. The van der Waals surface area contributed by atoms with Crippen LogP contribution in [0.25, 0.3) is 11.3 Å². The van der Waals surface area contributed by atoms with Crippen molar-refractivity contribution in [1.82, 2.24) is 25.1 Å². The first-order valence-corrected chi connectivity index (χ1v) is 15.2. The van der Waals surface area contributed by atoms with Gasteiger partial charge in [0.05, 0.1) is 34.4 Å². The number of nitrogens with one attached hydrogen (secondary N) is 1. The number of alkyl halides is 3. The molecule has 43 heavy (non-hydrogen) atoms. The maximum atomic E-state index is 13.8. The molecule has 5 fully saturated rings. The fourth-order valence-electron chi connectivity index (χ4n) is 7.50. The van der Waals surface area contributed by atoms with Gasteiger partial charge < -0.3 is 24.8 Å². The summed E-state index contributed by atoms with van der Waals surface area (Å²) in [5.74, 6) is 0.0146. The summed E-state index contributed by atoms with van der Waals surface area (Å²) in [5.41, 5.74) is -0.297. The highest BCUT2D eigenvalue weighted by atomic mass is 19.4. The minimum atomic E-state index is -4.25. The van der Waals surface area contributed by atoms with Gasteiger partial charge in [0.25, 0.3) is 5.91 Å². The fraction of sp³-hybridized carbons (Fsp3) is 0.613. The first kappa shape index (κ1) is 29.7. The van der Waals surface area contributed by atoms with E-state index in [4.69, 9.17) is 9.72 Å². The molecular formula is C31H39F3N6O3. The molecule has 2 atom stereocenters. The molecule has 2 amide bonds. The van der Waals surface area contributed by atoms with Crippen molar-refractivity contribution in [3.8, 4) is 17.1 Å². The molecule has 2 saturated heterocycles. The predicted octanol–water partition coefficient (Wildman–Crippen LogP) is 4.14. The van der Waals surface area contributed by atoms with Gasteiger partial charge in [0.2, 0.25) is 11.8 Å². The average molecular weight is 601 g/mol. The van der Waals surface area contributed by atoms with Crippen LogP contribution in [0.3, 0.4) is 0 Å². The Labute approximate surface area is 249 Å². The maximum Gasteiger partial charge on any atom is 0.394 e. The van der Waals surface area contributed by atoms with Gasteiger partial charge in [-0.3, -0.25) is 9.59 Å². The molecule has 0 radical (unpaired) electrons.